The lowest BCUT2D eigenvalue weighted by molar-refractivity contribution is 0.210. The molecule has 24 heavy (non-hydrogen) atoms. The number of hydrogen-bond donors (Lipinski definition) is 2. The van der Waals surface area contributed by atoms with E-state index in [0.717, 1.165) is 22.2 Å². The zero-order chi connectivity index (χ0) is 16.9. The zero-order valence-electron chi connectivity index (χ0n) is 13.5. The lowest BCUT2D eigenvalue weighted by atomic mass is 10.00. The molecule has 7 heteroatoms. The first-order chi connectivity index (χ1) is 11.8. The predicted octanol–water partition coefficient (Wildman–Crippen LogP) is 2.56. The molecule has 0 aliphatic carbocycles. The number of nitrogens with one attached hydrogen (secondary N) is 2. The summed E-state index contributed by atoms with van der Waals surface area (Å²) in [5.74, 6) is 1.01. The fraction of sp³-hybridized carbons (Fsp3) is 0.235. The number of pyridine rings is 2. The average Bonchev–Trinajstić information content (AvgIpc) is 3.09. The summed E-state index contributed by atoms with van der Waals surface area (Å²) >= 11 is 0. The van der Waals surface area contributed by atoms with Crippen LogP contribution in [0.3, 0.4) is 0 Å². The summed E-state index contributed by atoms with van der Waals surface area (Å²) in [6.07, 6.45) is 3.45. The molecule has 2 N–H and O–H groups in total. The summed E-state index contributed by atoms with van der Waals surface area (Å²) in [6, 6.07) is 7.84. The standard InChI is InChI=1S/C17H17N5O2/c1-23-8-7-19-15-9-13(12-4-5-20-16(12)22-15)11-3-6-21-17(24-2)14(11)10-18/h3-6,9H,7-8H2,1-2H3,(H2,19,20,22). The molecule has 3 aromatic rings. The molecule has 0 aromatic carbocycles. The Morgan fingerprint density at radius 1 is 1.29 bits per heavy atom. The molecule has 0 fully saturated rings. The van der Waals surface area contributed by atoms with Gasteiger partial charge >= 0.3 is 0 Å². The van der Waals surface area contributed by atoms with Gasteiger partial charge in [0.1, 0.15) is 23.1 Å². The summed E-state index contributed by atoms with van der Waals surface area (Å²) in [4.78, 5) is 11.8. The molecule has 122 valence electrons. The Balaban J connectivity index is 2.15. The van der Waals surface area contributed by atoms with E-state index in [1.807, 2.05) is 24.4 Å². The molecule has 0 amide bonds. The molecule has 0 bridgehead atoms. The van der Waals surface area contributed by atoms with Crippen molar-refractivity contribution in [2.45, 2.75) is 0 Å². The number of hydrogen-bond acceptors (Lipinski definition) is 6. The highest BCUT2D eigenvalue weighted by Crippen LogP contribution is 2.34. The second-order valence-electron chi connectivity index (χ2n) is 5.07. The number of anilines is 1. The van der Waals surface area contributed by atoms with Crippen molar-refractivity contribution in [3.05, 3.63) is 36.2 Å². The second-order valence-corrected chi connectivity index (χ2v) is 5.07. The lowest BCUT2D eigenvalue weighted by Gasteiger charge is -2.11. The van der Waals surface area contributed by atoms with Gasteiger partial charge < -0.3 is 19.8 Å². The topological polar surface area (TPSA) is 95.8 Å². The third-order valence-electron chi connectivity index (χ3n) is 3.65. The molecule has 0 saturated carbocycles. The highest BCUT2D eigenvalue weighted by molar-refractivity contribution is 5.96. The first-order valence-corrected chi connectivity index (χ1v) is 7.43. The van der Waals surface area contributed by atoms with E-state index >= 15 is 0 Å². The molecule has 0 spiro atoms. The molecule has 3 rings (SSSR count). The van der Waals surface area contributed by atoms with Gasteiger partial charge in [-0.2, -0.15) is 5.26 Å². The minimum absolute atomic E-state index is 0.310. The van der Waals surface area contributed by atoms with Crippen molar-refractivity contribution in [2.75, 3.05) is 32.7 Å². The van der Waals surface area contributed by atoms with E-state index in [9.17, 15) is 5.26 Å². The van der Waals surface area contributed by atoms with Gasteiger partial charge in [0.2, 0.25) is 5.88 Å². The van der Waals surface area contributed by atoms with Crippen LogP contribution in [0.5, 0.6) is 5.88 Å². The number of methoxy groups -OCH3 is 2. The SMILES string of the molecule is COCCNc1cc(-c2ccnc(OC)c2C#N)c2cc[nH]c2n1. The fourth-order valence-electron chi connectivity index (χ4n) is 2.56. The number of rotatable bonds is 6. The van der Waals surface area contributed by atoms with Crippen LogP contribution in [0, 0.1) is 11.3 Å². The van der Waals surface area contributed by atoms with Crippen LogP contribution < -0.4 is 10.1 Å². The maximum absolute atomic E-state index is 9.53. The predicted molar refractivity (Wildman–Crippen MR) is 91.0 cm³/mol. The Morgan fingerprint density at radius 3 is 2.92 bits per heavy atom. The summed E-state index contributed by atoms with van der Waals surface area (Å²) in [5, 5.41) is 13.7. The average molecular weight is 323 g/mol. The Labute approximate surface area is 139 Å². The first-order valence-electron chi connectivity index (χ1n) is 7.43. The van der Waals surface area contributed by atoms with Gasteiger partial charge in [-0.15, -0.1) is 0 Å². The Kier molecular flexibility index (Phi) is 4.59. The summed E-state index contributed by atoms with van der Waals surface area (Å²) in [7, 11) is 3.15. The van der Waals surface area contributed by atoms with Crippen molar-refractivity contribution in [3.8, 4) is 23.1 Å². The summed E-state index contributed by atoms with van der Waals surface area (Å²) in [6.45, 7) is 1.21. The van der Waals surface area contributed by atoms with Crippen molar-refractivity contribution in [1.29, 1.82) is 5.26 Å². The molecule has 0 saturated heterocycles. The van der Waals surface area contributed by atoms with E-state index in [4.69, 9.17) is 9.47 Å². The van der Waals surface area contributed by atoms with Gasteiger partial charge in [0.25, 0.3) is 0 Å². The summed E-state index contributed by atoms with van der Waals surface area (Å²) < 4.78 is 10.3. The molecule has 3 aromatic heterocycles. The molecule has 0 unspecified atom stereocenters. The molecule has 0 atom stereocenters. The zero-order valence-corrected chi connectivity index (χ0v) is 13.5. The Morgan fingerprint density at radius 2 is 2.17 bits per heavy atom. The monoisotopic (exact) mass is 323 g/mol. The van der Waals surface area contributed by atoms with Crippen LogP contribution in [0.25, 0.3) is 22.2 Å². The van der Waals surface area contributed by atoms with Crippen molar-refractivity contribution in [2.24, 2.45) is 0 Å². The highest BCUT2D eigenvalue weighted by Gasteiger charge is 2.16. The number of H-pyrrole nitrogens is 1. The van der Waals surface area contributed by atoms with Crippen molar-refractivity contribution >= 4 is 16.9 Å². The first kappa shape index (κ1) is 15.8. The third-order valence-corrected chi connectivity index (χ3v) is 3.65. The van der Waals surface area contributed by atoms with E-state index in [1.165, 1.54) is 7.11 Å². The molecule has 0 aliphatic heterocycles. The van der Waals surface area contributed by atoms with Gasteiger partial charge in [-0.3, -0.25) is 0 Å². The van der Waals surface area contributed by atoms with Gasteiger partial charge in [0.15, 0.2) is 0 Å². The lowest BCUT2D eigenvalue weighted by Crippen LogP contribution is -2.09. The van der Waals surface area contributed by atoms with Gasteiger partial charge in [-0.25, -0.2) is 9.97 Å². The Bertz CT molecular complexity index is 898. The van der Waals surface area contributed by atoms with Crippen LogP contribution in [0.15, 0.2) is 30.6 Å². The molecule has 3 heterocycles. The molecular weight excluding hydrogens is 306 g/mol. The highest BCUT2D eigenvalue weighted by atomic mass is 16.5. The molecule has 0 radical (unpaired) electrons. The van der Waals surface area contributed by atoms with Crippen molar-refractivity contribution < 1.29 is 9.47 Å². The van der Waals surface area contributed by atoms with E-state index in [-0.39, 0.29) is 0 Å². The van der Waals surface area contributed by atoms with E-state index in [0.29, 0.717) is 30.4 Å². The minimum atomic E-state index is 0.310. The smallest absolute Gasteiger partial charge is 0.232 e. The Hall–Kier alpha value is -3.11. The quantitative estimate of drug-likeness (QED) is 0.677. The van der Waals surface area contributed by atoms with E-state index in [2.05, 4.69) is 26.3 Å². The maximum Gasteiger partial charge on any atom is 0.232 e. The number of fused-ring (bicyclic) bond motifs is 1. The number of nitrogens with zero attached hydrogens (tertiary/aromatic N) is 3. The normalized spacial score (nSPS) is 10.5. The number of aromatic amines is 1. The van der Waals surface area contributed by atoms with Crippen LogP contribution in [0.1, 0.15) is 5.56 Å². The van der Waals surface area contributed by atoms with Crippen LogP contribution >= 0.6 is 0 Å². The van der Waals surface area contributed by atoms with Gasteiger partial charge in [0, 0.05) is 37.0 Å². The van der Waals surface area contributed by atoms with Crippen molar-refractivity contribution in [1.82, 2.24) is 15.0 Å². The molecular formula is C17H17N5O2. The van der Waals surface area contributed by atoms with Gasteiger partial charge in [-0.05, 0) is 23.8 Å². The van der Waals surface area contributed by atoms with Crippen LogP contribution in [0.2, 0.25) is 0 Å². The second kappa shape index (κ2) is 6.98. The molecule has 0 aliphatic rings. The fourth-order valence-corrected chi connectivity index (χ4v) is 2.56. The van der Waals surface area contributed by atoms with Crippen LogP contribution in [0.4, 0.5) is 5.82 Å². The number of ether oxygens (including phenoxy) is 2. The minimum Gasteiger partial charge on any atom is -0.480 e. The number of aromatic nitrogens is 3. The number of nitriles is 1. The maximum atomic E-state index is 9.53. The third kappa shape index (κ3) is 2.87. The van der Waals surface area contributed by atoms with Gasteiger partial charge in [0.05, 0.1) is 13.7 Å². The van der Waals surface area contributed by atoms with Gasteiger partial charge in [-0.1, -0.05) is 0 Å². The van der Waals surface area contributed by atoms with Crippen molar-refractivity contribution in [3.63, 3.8) is 0 Å². The molecule has 7 nitrogen and oxygen atoms in total. The van der Waals surface area contributed by atoms with E-state index < -0.39 is 0 Å². The van der Waals surface area contributed by atoms with Crippen LogP contribution in [-0.4, -0.2) is 42.3 Å². The van der Waals surface area contributed by atoms with Crippen LogP contribution in [-0.2, 0) is 4.74 Å². The summed E-state index contributed by atoms with van der Waals surface area (Å²) in [5.41, 5.74) is 2.79. The largest absolute Gasteiger partial charge is 0.480 e. The van der Waals surface area contributed by atoms with E-state index in [1.54, 1.807) is 13.3 Å².